The molecule has 0 aliphatic rings. The van der Waals surface area contributed by atoms with Gasteiger partial charge in [-0.2, -0.15) is 0 Å². The lowest BCUT2D eigenvalue weighted by Crippen LogP contribution is -2.38. The van der Waals surface area contributed by atoms with Crippen LogP contribution < -0.4 is 5.32 Å². The van der Waals surface area contributed by atoms with E-state index in [4.69, 9.17) is 0 Å². The maximum atomic E-state index is 12.5. The van der Waals surface area contributed by atoms with Crippen molar-refractivity contribution in [3.05, 3.63) is 48.0 Å². The third-order valence-electron chi connectivity index (χ3n) is 3.68. The van der Waals surface area contributed by atoms with Crippen molar-refractivity contribution in [2.24, 2.45) is 5.92 Å². The second kappa shape index (κ2) is 6.54. The van der Waals surface area contributed by atoms with Gasteiger partial charge in [0.1, 0.15) is 0 Å². The molecule has 1 heterocycles. The molecule has 0 fully saturated rings. The van der Waals surface area contributed by atoms with E-state index in [2.05, 4.69) is 10.3 Å². The maximum Gasteiger partial charge on any atom is 0.253 e. The van der Waals surface area contributed by atoms with E-state index >= 15 is 0 Å². The van der Waals surface area contributed by atoms with E-state index < -0.39 is 0 Å². The molecule has 2 rings (SSSR count). The molecule has 0 saturated heterocycles. The minimum atomic E-state index is -0.143. The van der Waals surface area contributed by atoms with Crippen LogP contribution in [-0.4, -0.2) is 33.2 Å². The molecule has 1 aromatic heterocycles. The third kappa shape index (κ3) is 3.49. The van der Waals surface area contributed by atoms with Crippen LogP contribution in [0, 0.1) is 12.8 Å². The summed E-state index contributed by atoms with van der Waals surface area (Å²) in [6.45, 7) is 5.79. The monoisotopic (exact) mass is 287 g/mol. The van der Waals surface area contributed by atoms with Crippen molar-refractivity contribution in [1.29, 1.82) is 0 Å². The molecule has 2 aromatic rings. The number of aliphatic hydroxyl groups is 1. The molecule has 2 unspecified atom stereocenters. The molecule has 112 valence electrons. The average Bonchev–Trinajstić information content (AvgIpc) is 3.00. The molecule has 1 amide bonds. The topological polar surface area (TPSA) is 67.2 Å². The lowest BCUT2D eigenvalue weighted by atomic mass is 10.0. The van der Waals surface area contributed by atoms with Crippen LogP contribution in [0.3, 0.4) is 0 Å². The Labute approximate surface area is 124 Å². The van der Waals surface area contributed by atoms with E-state index in [0.29, 0.717) is 5.56 Å². The Morgan fingerprint density at radius 1 is 1.43 bits per heavy atom. The van der Waals surface area contributed by atoms with Gasteiger partial charge in [0.25, 0.3) is 5.91 Å². The number of amides is 1. The minimum Gasteiger partial charge on any atom is -0.396 e. The molecular formula is C16H21N3O2. The number of nitrogens with one attached hydrogen (secondary N) is 1. The van der Waals surface area contributed by atoms with Crippen molar-refractivity contribution in [2.75, 3.05) is 6.61 Å². The van der Waals surface area contributed by atoms with Crippen LogP contribution in [0.4, 0.5) is 0 Å². The predicted octanol–water partition coefficient (Wildman–Crippen LogP) is 1.93. The fraction of sp³-hybridized carbons (Fsp3) is 0.375. The summed E-state index contributed by atoms with van der Waals surface area (Å²) in [6.07, 6.45) is 5.15. The van der Waals surface area contributed by atoms with Crippen LogP contribution in [-0.2, 0) is 0 Å². The molecule has 0 spiro atoms. The van der Waals surface area contributed by atoms with Gasteiger partial charge in [-0.05, 0) is 31.9 Å². The highest BCUT2D eigenvalue weighted by atomic mass is 16.3. The number of benzene rings is 1. The van der Waals surface area contributed by atoms with Crippen molar-refractivity contribution in [3.63, 3.8) is 0 Å². The smallest absolute Gasteiger partial charge is 0.253 e. The zero-order valence-corrected chi connectivity index (χ0v) is 12.6. The van der Waals surface area contributed by atoms with Crippen LogP contribution in [0.25, 0.3) is 5.69 Å². The Kier molecular flexibility index (Phi) is 4.75. The Bertz CT molecular complexity index is 608. The van der Waals surface area contributed by atoms with Crippen LogP contribution in [0.15, 0.2) is 36.9 Å². The summed E-state index contributed by atoms with van der Waals surface area (Å²) in [7, 11) is 0. The molecule has 5 heteroatoms. The summed E-state index contributed by atoms with van der Waals surface area (Å²) in [6, 6.07) is 5.64. The van der Waals surface area contributed by atoms with Gasteiger partial charge in [0, 0.05) is 25.0 Å². The summed E-state index contributed by atoms with van der Waals surface area (Å²) >= 11 is 0. The average molecular weight is 287 g/mol. The van der Waals surface area contributed by atoms with Gasteiger partial charge in [-0.1, -0.05) is 18.6 Å². The summed E-state index contributed by atoms with van der Waals surface area (Å²) in [5.74, 6) is -0.134. The number of aryl methyl sites for hydroxylation is 1. The standard InChI is InChI=1S/C16H21N3O2/c1-11-4-5-15(19-7-6-17-10-19)14(8-11)16(21)18-13(3)12(2)9-20/h4-8,10,12-13,20H,9H2,1-3H3,(H,18,21). The minimum absolute atomic E-state index is 0.00968. The zero-order chi connectivity index (χ0) is 15.4. The molecule has 2 atom stereocenters. The molecular weight excluding hydrogens is 266 g/mol. The van der Waals surface area contributed by atoms with Crippen molar-refractivity contribution >= 4 is 5.91 Å². The molecule has 0 aliphatic heterocycles. The van der Waals surface area contributed by atoms with Gasteiger partial charge in [0.05, 0.1) is 17.6 Å². The molecule has 1 aromatic carbocycles. The highest BCUT2D eigenvalue weighted by Gasteiger charge is 2.18. The van der Waals surface area contributed by atoms with Crippen LogP contribution in [0.1, 0.15) is 29.8 Å². The second-order valence-corrected chi connectivity index (χ2v) is 5.41. The van der Waals surface area contributed by atoms with E-state index in [1.807, 2.05) is 43.5 Å². The Hall–Kier alpha value is -2.14. The Morgan fingerprint density at radius 3 is 2.81 bits per heavy atom. The lowest BCUT2D eigenvalue weighted by Gasteiger charge is -2.20. The van der Waals surface area contributed by atoms with E-state index in [0.717, 1.165) is 11.3 Å². The normalized spacial score (nSPS) is 13.7. The number of imidazole rings is 1. The zero-order valence-electron chi connectivity index (χ0n) is 12.6. The highest BCUT2D eigenvalue weighted by molar-refractivity contribution is 5.98. The quantitative estimate of drug-likeness (QED) is 0.883. The van der Waals surface area contributed by atoms with Gasteiger partial charge in [-0.3, -0.25) is 4.79 Å². The van der Waals surface area contributed by atoms with Crippen LogP contribution >= 0.6 is 0 Å². The molecule has 0 saturated carbocycles. The number of carbonyl (C=O) groups is 1. The van der Waals surface area contributed by atoms with Crippen molar-refractivity contribution in [1.82, 2.24) is 14.9 Å². The number of carbonyl (C=O) groups excluding carboxylic acids is 1. The second-order valence-electron chi connectivity index (χ2n) is 5.41. The van der Waals surface area contributed by atoms with Crippen molar-refractivity contribution in [2.45, 2.75) is 26.8 Å². The van der Waals surface area contributed by atoms with E-state index in [1.165, 1.54) is 0 Å². The number of hydrogen-bond acceptors (Lipinski definition) is 3. The van der Waals surface area contributed by atoms with Gasteiger partial charge in [-0.25, -0.2) is 4.98 Å². The molecule has 0 radical (unpaired) electrons. The van der Waals surface area contributed by atoms with Crippen molar-refractivity contribution < 1.29 is 9.90 Å². The molecule has 5 nitrogen and oxygen atoms in total. The first-order valence-corrected chi connectivity index (χ1v) is 7.03. The SMILES string of the molecule is Cc1ccc(-n2ccnc2)c(C(=O)NC(C)C(C)CO)c1. The number of hydrogen-bond donors (Lipinski definition) is 2. The largest absolute Gasteiger partial charge is 0.396 e. The number of aliphatic hydroxyl groups excluding tert-OH is 1. The first-order chi connectivity index (χ1) is 10.0. The number of nitrogens with zero attached hydrogens (tertiary/aromatic N) is 2. The Morgan fingerprint density at radius 2 is 2.19 bits per heavy atom. The molecule has 0 aliphatic carbocycles. The van der Waals surface area contributed by atoms with E-state index in [1.54, 1.807) is 18.7 Å². The van der Waals surface area contributed by atoms with Gasteiger partial charge < -0.3 is 15.0 Å². The fourth-order valence-electron chi connectivity index (χ4n) is 2.04. The van der Waals surface area contributed by atoms with Crippen LogP contribution in [0.2, 0.25) is 0 Å². The summed E-state index contributed by atoms with van der Waals surface area (Å²) in [5, 5.41) is 12.1. The van der Waals surface area contributed by atoms with Crippen molar-refractivity contribution in [3.8, 4) is 5.69 Å². The molecule has 21 heavy (non-hydrogen) atoms. The Balaban J connectivity index is 2.30. The highest BCUT2D eigenvalue weighted by Crippen LogP contribution is 2.17. The van der Waals surface area contributed by atoms with Gasteiger partial charge >= 0.3 is 0 Å². The van der Waals surface area contributed by atoms with Gasteiger partial charge in [0.2, 0.25) is 0 Å². The number of aromatic nitrogens is 2. The molecule has 0 bridgehead atoms. The van der Waals surface area contributed by atoms with Gasteiger partial charge in [0.15, 0.2) is 0 Å². The first kappa shape index (κ1) is 15.3. The summed E-state index contributed by atoms with van der Waals surface area (Å²) < 4.78 is 1.81. The van der Waals surface area contributed by atoms with Crippen LogP contribution in [0.5, 0.6) is 0 Å². The van der Waals surface area contributed by atoms with Gasteiger partial charge in [-0.15, -0.1) is 0 Å². The maximum absolute atomic E-state index is 12.5. The lowest BCUT2D eigenvalue weighted by molar-refractivity contribution is 0.0916. The van der Waals surface area contributed by atoms with E-state index in [-0.39, 0.29) is 24.5 Å². The number of rotatable bonds is 5. The first-order valence-electron chi connectivity index (χ1n) is 7.03. The molecule has 2 N–H and O–H groups in total. The fourth-order valence-corrected chi connectivity index (χ4v) is 2.04. The van der Waals surface area contributed by atoms with E-state index in [9.17, 15) is 9.90 Å². The summed E-state index contributed by atoms with van der Waals surface area (Å²) in [4.78, 5) is 16.5. The predicted molar refractivity (Wildman–Crippen MR) is 81.5 cm³/mol. The summed E-state index contributed by atoms with van der Waals surface area (Å²) in [5.41, 5.74) is 2.41. The third-order valence-corrected chi connectivity index (χ3v) is 3.68.